The molecule has 3 N–H and O–H groups in total. The molecule has 0 amide bonds. The second-order valence-corrected chi connectivity index (χ2v) is 7.72. The average Bonchev–Trinajstić information content (AvgIpc) is 3.22. The molecule has 0 saturated heterocycles. The van der Waals surface area contributed by atoms with E-state index in [1.54, 1.807) is 6.20 Å². The number of benzene rings is 3. The van der Waals surface area contributed by atoms with Gasteiger partial charge in [0.25, 0.3) is 0 Å². The summed E-state index contributed by atoms with van der Waals surface area (Å²) in [5.74, 6) is 1.58. The van der Waals surface area contributed by atoms with Crippen LogP contribution >= 0.6 is 0 Å². The number of aliphatic hydroxyl groups is 1. The normalized spacial score (nSPS) is 12.4. The molecule has 6 heteroatoms. The van der Waals surface area contributed by atoms with Gasteiger partial charge in [-0.15, -0.1) is 0 Å². The first-order valence-corrected chi connectivity index (χ1v) is 10.8. The van der Waals surface area contributed by atoms with E-state index in [9.17, 15) is 5.11 Å². The van der Waals surface area contributed by atoms with Crippen LogP contribution in [0.5, 0.6) is 11.5 Å². The maximum Gasteiger partial charge on any atom is 0.129 e. The number of ether oxygens (including phenoxy) is 2. The van der Waals surface area contributed by atoms with Gasteiger partial charge in [-0.2, -0.15) is 0 Å². The van der Waals surface area contributed by atoms with Gasteiger partial charge in [0.2, 0.25) is 0 Å². The van der Waals surface area contributed by atoms with E-state index >= 15 is 0 Å². The molecule has 2 heterocycles. The topological polar surface area (TPSA) is 79.4 Å². The Kier molecular flexibility index (Phi) is 5.87. The van der Waals surface area contributed by atoms with Gasteiger partial charge in [0.05, 0.1) is 5.52 Å². The third kappa shape index (κ3) is 4.23. The Morgan fingerprint density at radius 3 is 2.69 bits per heavy atom. The van der Waals surface area contributed by atoms with Gasteiger partial charge in [-0.3, -0.25) is 4.98 Å². The van der Waals surface area contributed by atoms with Crippen LogP contribution in [-0.4, -0.2) is 47.5 Å². The van der Waals surface area contributed by atoms with Crippen LogP contribution in [0.4, 0.5) is 0 Å². The van der Waals surface area contributed by atoms with E-state index in [2.05, 4.69) is 27.4 Å². The largest absolute Gasteiger partial charge is 0.492 e. The highest BCUT2D eigenvalue weighted by Gasteiger charge is 2.11. The Bertz CT molecular complexity index is 1340. The molecule has 0 aliphatic heterocycles. The van der Waals surface area contributed by atoms with Crippen LogP contribution in [0.1, 0.15) is 0 Å². The summed E-state index contributed by atoms with van der Waals surface area (Å²) in [7, 11) is 0. The number of aromatic nitrogens is 2. The maximum atomic E-state index is 10.4. The molecule has 0 aliphatic rings. The Balaban J connectivity index is 1.12. The van der Waals surface area contributed by atoms with Gasteiger partial charge in [-0.05, 0) is 35.7 Å². The first-order chi connectivity index (χ1) is 15.8. The summed E-state index contributed by atoms with van der Waals surface area (Å²) in [5.41, 5.74) is 2.10. The zero-order valence-electron chi connectivity index (χ0n) is 17.6. The van der Waals surface area contributed by atoms with Gasteiger partial charge >= 0.3 is 0 Å². The Morgan fingerprint density at radius 1 is 0.875 bits per heavy atom. The number of aromatic amines is 1. The zero-order chi connectivity index (χ0) is 21.8. The first-order valence-electron chi connectivity index (χ1n) is 10.8. The molecule has 5 rings (SSSR count). The van der Waals surface area contributed by atoms with Crippen molar-refractivity contribution in [3.8, 4) is 11.5 Å². The zero-order valence-corrected chi connectivity index (χ0v) is 17.6. The van der Waals surface area contributed by atoms with Crippen molar-refractivity contribution in [3.05, 3.63) is 79.1 Å². The number of nitrogens with zero attached hydrogens (tertiary/aromatic N) is 1. The number of fused-ring (bicyclic) bond motifs is 4. The predicted molar refractivity (Wildman–Crippen MR) is 127 cm³/mol. The maximum absolute atomic E-state index is 10.4. The standard InChI is InChI=1S/C26H25N3O3/c30-19(15-28-13-14-31-24-9-3-5-18-11-12-27-16-21(18)24)17-32-25-10-4-8-23-26(25)20-6-1-2-7-22(20)29-23/h1-12,16,19,28-30H,13-15,17H2. The fourth-order valence-electron chi connectivity index (χ4n) is 3.95. The number of nitrogens with one attached hydrogen (secondary N) is 2. The van der Waals surface area contributed by atoms with Crippen molar-refractivity contribution in [2.45, 2.75) is 6.10 Å². The third-order valence-corrected chi connectivity index (χ3v) is 5.48. The number of hydrogen-bond acceptors (Lipinski definition) is 5. The quantitative estimate of drug-likeness (QED) is 0.306. The molecule has 6 nitrogen and oxygen atoms in total. The molecule has 1 atom stereocenters. The van der Waals surface area contributed by atoms with Crippen LogP contribution < -0.4 is 14.8 Å². The molecule has 0 saturated carbocycles. The SMILES string of the molecule is OC(CNCCOc1cccc2ccncc12)COc1cccc2[nH]c3ccccc3c12. The molecule has 0 radical (unpaired) electrons. The van der Waals surface area contributed by atoms with Crippen molar-refractivity contribution in [1.29, 1.82) is 0 Å². The second kappa shape index (κ2) is 9.26. The lowest BCUT2D eigenvalue weighted by molar-refractivity contribution is 0.106. The van der Waals surface area contributed by atoms with Crippen LogP contribution in [0.2, 0.25) is 0 Å². The molecular weight excluding hydrogens is 402 g/mol. The fourth-order valence-corrected chi connectivity index (χ4v) is 3.95. The summed E-state index contributed by atoms with van der Waals surface area (Å²) in [4.78, 5) is 7.58. The second-order valence-electron chi connectivity index (χ2n) is 7.72. The molecule has 0 aliphatic carbocycles. The molecule has 1 unspecified atom stereocenters. The van der Waals surface area contributed by atoms with Gasteiger partial charge in [0.15, 0.2) is 0 Å². The molecule has 0 bridgehead atoms. The van der Waals surface area contributed by atoms with Gasteiger partial charge in [-0.25, -0.2) is 0 Å². The minimum atomic E-state index is -0.628. The fraction of sp³-hybridized carbons (Fsp3) is 0.192. The lowest BCUT2D eigenvalue weighted by atomic mass is 10.1. The van der Waals surface area contributed by atoms with E-state index < -0.39 is 6.10 Å². The van der Waals surface area contributed by atoms with Crippen molar-refractivity contribution < 1.29 is 14.6 Å². The van der Waals surface area contributed by atoms with Crippen molar-refractivity contribution in [2.24, 2.45) is 0 Å². The predicted octanol–water partition coefficient (Wildman–Crippen LogP) is 4.28. The van der Waals surface area contributed by atoms with Crippen LogP contribution in [0, 0.1) is 0 Å². The van der Waals surface area contributed by atoms with E-state index in [0.29, 0.717) is 19.7 Å². The number of aliphatic hydroxyl groups excluding tert-OH is 1. The molecule has 0 spiro atoms. The lowest BCUT2D eigenvalue weighted by Crippen LogP contribution is -2.33. The van der Waals surface area contributed by atoms with E-state index in [1.807, 2.05) is 60.8 Å². The lowest BCUT2D eigenvalue weighted by Gasteiger charge is -2.14. The van der Waals surface area contributed by atoms with E-state index in [4.69, 9.17) is 9.47 Å². The molecule has 32 heavy (non-hydrogen) atoms. The van der Waals surface area contributed by atoms with E-state index in [-0.39, 0.29) is 6.61 Å². The van der Waals surface area contributed by atoms with Crippen LogP contribution in [0.15, 0.2) is 79.1 Å². The highest BCUT2D eigenvalue weighted by molar-refractivity contribution is 6.10. The number of hydrogen-bond donors (Lipinski definition) is 3. The molecular formula is C26H25N3O3. The summed E-state index contributed by atoms with van der Waals surface area (Å²) in [6.45, 7) is 1.74. The highest BCUT2D eigenvalue weighted by atomic mass is 16.5. The minimum Gasteiger partial charge on any atom is -0.492 e. The van der Waals surface area contributed by atoms with Crippen molar-refractivity contribution in [1.82, 2.24) is 15.3 Å². The van der Waals surface area contributed by atoms with Gasteiger partial charge in [0.1, 0.15) is 30.8 Å². The summed E-state index contributed by atoms with van der Waals surface area (Å²) in [6.07, 6.45) is 2.96. The van der Waals surface area contributed by atoms with Crippen LogP contribution in [0.3, 0.4) is 0 Å². The van der Waals surface area contributed by atoms with E-state index in [1.165, 1.54) is 0 Å². The van der Waals surface area contributed by atoms with Gasteiger partial charge < -0.3 is 24.9 Å². The molecule has 3 aromatic carbocycles. The minimum absolute atomic E-state index is 0.210. The number of rotatable bonds is 9. The average molecular weight is 428 g/mol. The Labute approximate surface area is 185 Å². The Hall–Kier alpha value is -3.61. The van der Waals surface area contributed by atoms with Crippen molar-refractivity contribution in [3.63, 3.8) is 0 Å². The highest BCUT2D eigenvalue weighted by Crippen LogP contribution is 2.33. The van der Waals surface area contributed by atoms with Gasteiger partial charge in [-0.1, -0.05) is 36.4 Å². The van der Waals surface area contributed by atoms with Gasteiger partial charge in [0, 0.05) is 47.2 Å². The summed E-state index contributed by atoms with van der Waals surface area (Å²) in [5, 5.41) is 17.8. The number of pyridine rings is 1. The monoisotopic (exact) mass is 427 g/mol. The molecule has 0 fully saturated rings. The molecule has 5 aromatic rings. The van der Waals surface area contributed by atoms with E-state index in [0.717, 1.165) is 44.1 Å². The molecule has 162 valence electrons. The summed E-state index contributed by atoms with van der Waals surface area (Å²) in [6, 6.07) is 22.0. The summed E-state index contributed by atoms with van der Waals surface area (Å²) >= 11 is 0. The number of para-hydroxylation sites is 1. The van der Waals surface area contributed by atoms with Crippen LogP contribution in [-0.2, 0) is 0 Å². The number of H-pyrrole nitrogens is 1. The molecule has 2 aromatic heterocycles. The third-order valence-electron chi connectivity index (χ3n) is 5.48. The van der Waals surface area contributed by atoms with Crippen molar-refractivity contribution >= 4 is 32.6 Å². The Morgan fingerprint density at radius 2 is 1.72 bits per heavy atom. The summed E-state index contributed by atoms with van der Waals surface area (Å²) < 4.78 is 11.9. The first kappa shape index (κ1) is 20.3. The van der Waals surface area contributed by atoms with Crippen LogP contribution in [0.25, 0.3) is 32.6 Å². The smallest absolute Gasteiger partial charge is 0.129 e. The van der Waals surface area contributed by atoms with Crippen molar-refractivity contribution in [2.75, 3.05) is 26.3 Å².